The van der Waals surface area contributed by atoms with E-state index in [-0.39, 0.29) is 23.2 Å². The molecule has 1 aromatic carbocycles. The van der Waals surface area contributed by atoms with Gasteiger partial charge in [-0.2, -0.15) is 0 Å². The quantitative estimate of drug-likeness (QED) is 0.844. The first-order valence-electron chi connectivity index (χ1n) is 5.83. The van der Waals surface area contributed by atoms with Gasteiger partial charge in [0.1, 0.15) is 5.82 Å². The molecule has 1 aliphatic carbocycles. The molecule has 1 saturated carbocycles. The minimum Gasteiger partial charge on any atom is -0.330 e. The fraction of sp³-hybridized carbons (Fsp3) is 0.462. The highest BCUT2D eigenvalue weighted by Crippen LogP contribution is 2.35. The van der Waals surface area contributed by atoms with E-state index in [9.17, 15) is 9.18 Å². The molecule has 2 nitrogen and oxygen atoms in total. The van der Waals surface area contributed by atoms with Crippen LogP contribution < -0.4 is 5.73 Å². The monoisotopic (exact) mass is 255 g/mol. The fourth-order valence-electron chi connectivity index (χ4n) is 2.55. The van der Waals surface area contributed by atoms with Gasteiger partial charge in [0.05, 0.1) is 5.02 Å². The molecule has 4 heteroatoms. The molecule has 0 aliphatic heterocycles. The summed E-state index contributed by atoms with van der Waals surface area (Å²) in [5.74, 6) is -0.386. The summed E-state index contributed by atoms with van der Waals surface area (Å²) in [6.07, 6.45) is 2.80. The lowest BCUT2D eigenvalue weighted by atomic mass is 9.88. The molecule has 92 valence electrons. The summed E-state index contributed by atoms with van der Waals surface area (Å²) in [7, 11) is 0. The van der Waals surface area contributed by atoms with Crippen LogP contribution in [0.3, 0.4) is 0 Å². The van der Waals surface area contributed by atoms with E-state index < -0.39 is 5.82 Å². The first-order valence-corrected chi connectivity index (χ1v) is 6.20. The molecule has 17 heavy (non-hydrogen) atoms. The van der Waals surface area contributed by atoms with E-state index in [4.69, 9.17) is 17.3 Å². The summed E-state index contributed by atoms with van der Waals surface area (Å²) in [6, 6.07) is 3.90. The Balaban J connectivity index is 2.27. The van der Waals surface area contributed by atoms with Gasteiger partial charge in [0.2, 0.25) is 0 Å². The van der Waals surface area contributed by atoms with Crippen molar-refractivity contribution < 1.29 is 9.18 Å². The SMILES string of the molecule is NCC1CCCC1C(=O)c1cc(F)ccc1Cl. The Kier molecular flexibility index (Phi) is 3.79. The molecule has 2 rings (SSSR count). The van der Waals surface area contributed by atoms with E-state index in [0.29, 0.717) is 11.6 Å². The maximum atomic E-state index is 13.1. The van der Waals surface area contributed by atoms with Crippen LogP contribution >= 0.6 is 11.6 Å². The van der Waals surface area contributed by atoms with Gasteiger partial charge < -0.3 is 5.73 Å². The molecule has 0 amide bonds. The van der Waals surface area contributed by atoms with E-state index in [0.717, 1.165) is 19.3 Å². The summed E-state index contributed by atoms with van der Waals surface area (Å²) in [4.78, 5) is 12.3. The third kappa shape index (κ3) is 2.50. The van der Waals surface area contributed by atoms with Crippen LogP contribution in [-0.2, 0) is 0 Å². The third-order valence-corrected chi connectivity index (χ3v) is 3.82. The standard InChI is InChI=1S/C13H15ClFNO/c14-12-5-4-9(15)6-11(12)13(17)10-3-1-2-8(10)7-16/h4-6,8,10H,1-3,7,16H2. The van der Waals surface area contributed by atoms with Crippen LogP contribution in [0.4, 0.5) is 4.39 Å². The molecule has 1 aromatic rings. The second-order valence-electron chi connectivity index (χ2n) is 4.52. The van der Waals surface area contributed by atoms with Crippen molar-refractivity contribution in [2.24, 2.45) is 17.6 Å². The topological polar surface area (TPSA) is 43.1 Å². The number of carbonyl (C=O) groups is 1. The molecule has 1 fully saturated rings. The molecule has 2 atom stereocenters. The minimum atomic E-state index is -0.431. The molecular formula is C13H15ClFNO. The number of nitrogens with two attached hydrogens (primary N) is 1. The van der Waals surface area contributed by atoms with Crippen molar-refractivity contribution in [3.8, 4) is 0 Å². The Morgan fingerprint density at radius 2 is 2.24 bits per heavy atom. The van der Waals surface area contributed by atoms with Gasteiger partial charge in [-0.3, -0.25) is 4.79 Å². The fourth-order valence-corrected chi connectivity index (χ4v) is 2.76. The van der Waals surface area contributed by atoms with Crippen LogP contribution in [0.1, 0.15) is 29.6 Å². The number of benzene rings is 1. The van der Waals surface area contributed by atoms with E-state index in [1.165, 1.54) is 18.2 Å². The van der Waals surface area contributed by atoms with Gasteiger partial charge in [0.15, 0.2) is 5.78 Å². The molecule has 1 aliphatic rings. The first-order chi connectivity index (χ1) is 8.13. The molecule has 0 bridgehead atoms. The average molecular weight is 256 g/mol. The molecular weight excluding hydrogens is 241 g/mol. The van der Waals surface area contributed by atoms with Crippen LogP contribution in [0.5, 0.6) is 0 Å². The summed E-state index contributed by atoms with van der Waals surface area (Å²) < 4.78 is 13.1. The van der Waals surface area contributed by atoms with Crippen molar-refractivity contribution in [3.63, 3.8) is 0 Å². The smallest absolute Gasteiger partial charge is 0.167 e. The van der Waals surface area contributed by atoms with Crippen molar-refractivity contribution in [2.75, 3.05) is 6.54 Å². The number of halogens is 2. The van der Waals surface area contributed by atoms with Gasteiger partial charge in [-0.25, -0.2) is 4.39 Å². The van der Waals surface area contributed by atoms with E-state index in [2.05, 4.69) is 0 Å². The van der Waals surface area contributed by atoms with Crippen LogP contribution in [-0.4, -0.2) is 12.3 Å². The lowest BCUT2D eigenvalue weighted by molar-refractivity contribution is 0.0893. The van der Waals surface area contributed by atoms with Gasteiger partial charge in [0.25, 0.3) is 0 Å². The second-order valence-corrected chi connectivity index (χ2v) is 4.93. The Labute approximate surface area is 105 Å². The zero-order valence-corrected chi connectivity index (χ0v) is 10.2. The average Bonchev–Trinajstić information content (AvgIpc) is 2.79. The van der Waals surface area contributed by atoms with Crippen LogP contribution in [0.15, 0.2) is 18.2 Å². The molecule has 0 heterocycles. The lowest BCUT2D eigenvalue weighted by Gasteiger charge is -2.17. The van der Waals surface area contributed by atoms with Gasteiger partial charge in [-0.15, -0.1) is 0 Å². The number of hydrogen-bond donors (Lipinski definition) is 1. The Hall–Kier alpha value is -0.930. The number of carbonyl (C=O) groups excluding carboxylic acids is 1. The van der Waals surface area contributed by atoms with Crippen LogP contribution in [0, 0.1) is 17.7 Å². The molecule has 2 unspecified atom stereocenters. The minimum absolute atomic E-state index is 0.0672. The van der Waals surface area contributed by atoms with Crippen molar-refractivity contribution in [2.45, 2.75) is 19.3 Å². The highest BCUT2D eigenvalue weighted by Gasteiger charge is 2.33. The Morgan fingerprint density at radius 1 is 1.47 bits per heavy atom. The number of ketones is 1. The largest absolute Gasteiger partial charge is 0.330 e. The maximum Gasteiger partial charge on any atom is 0.167 e. The molecule has 0 aromatic heterocycles. The summed E-state index contributed by atoms with van der Waals surface area (Å²) in [5, 5.41) is 0.319. The Morgan fingerprint density at radius 3 is 2.94 bits per heavy atom. The van der Waals surface area contributed by atoms with E-state index >= 15 is 0 Å². The summed E-state index contributed by atoms with van der Waals surface area (Å²) >= 11 is 5.94. The Bertz CT molecular complexity index is 435. The second kappa shape index (κ2) is 5.15. The van der Waals surface area contributed by atoms with Crippen molar-refractivity contribution in [1.82, 2.24) is 0 Å². The molecule has 0 saturated heterocycles. The normalized spacial score (nSPS) is 23.9. The predicted octanol–water partition coefficient (Wildman–Crippen LogP) is 3.04. The highest BCUT2D eigenvalue weighted by atomic mass is 35.5. The van der Waals surface area contributed by atoms with E-state index in [1.807, 2.05) is 0 Å². The van der Waals surface area contributed by atoms with Crippen LogP contribution in [0.25, 0.3) is 0 Å². The van der Waals surface area contributed by atoms with E-state index in [1.54, 1.807) is 0 Å². The zero-order valence-electron chi connectivity index (χ0n) is 9.46. The third-order valence-electron chi connectivity index (χ3n) is 3.49. The molecule has 0 radical (unpaired) electrons. The summed E-state index contributed by atoms with van der Waals surface area (Å²) in [5.41, 5.74) is 5.94. The highest BCUT2D eigenvalue weighted by molar-refractivity contribution is 6.34. The molecule has 2 N–H and O–H groups in total. The van der Waals surface area contributed by atoms with Gasteiger partial charge in [-0.1, -0.05) is 18.0 Å². The first kappa shape index (κ1) is 12.5. The van der Waals surface area contributed by atoms with Crippen molar-refractivity contribution >= 4 is 17.4 Å². The zero-order chi connectivity index (χ0) is 12.4. The van der Waals surface area contributed by atoms with Gasteiger partial charge in [0, 0.05) is 11.5 Å². The predicted molar refractivity (Wildman–Crippen MR) is 65.6 cm³/mol. The van der Waals surface area contributed by atoms with Gasteiger partial charge >= 0.3 is 0 Å². The lowest BCUT2D eigenvalue weighted by Crippen LogP contribution is -2.25. The summed E-state index contributed by atoms with van der Waals surface area (Å²) in [6.45, 7) is 0.503. The number of Topliss-reactive ketones (excluding diaryl/α,β-unsaturated/α-hetero) is 1. The van der Waals surface area contributed by atoms with Crippen molar-refractivity contribution in [1.29, 1.82) is 0 Å². The maximum absolute atomic E-state index is 13.1. The molecule has 0 spiro atoms. The van der Waals surface area contributed by atoms with Crippen molar-refractivity contribution in [3.05, 3.63) is 34.6 Å². The number of hydrogen-bond acceptors (Lipinski definition) is 2. The van der Waals surface area contributed by atoms with Gasteiger partial charge in [-0.05, 0) is 43.5 Å². The van der Waals surface area contributed by atoms with Crippen LogP contribution in [0.2, 0.25) is 5.02 Å². The number of rotatable bonds is 3.